The van der Waals surface area contributed by atoms with Gasteiger partial charge < -0.3 is 35.5 Å². The van der Waals surface area contributed by atoms with Crippen molar-refractivity contribution < 1.29 is 38.2 Å². The van der Waals surface area contributed by atoms with Crippen LogP contribution in [-0.4, -0.2) is 91.8 Å². The van der Waals surface area contributed by atoms with Crippen molar-refractivity contribution in [1.29, 1.82) is 0 Å². The van der Waals surface area contributed by atoms with Gasteiger partial charge in [-0.1, -0.05) is 24.3 Å². The largest absolute Gasteiger partial charge is 0.377 e. The Kier molecular flexibility index (Phi) is 10.4. The van der Waals surface area contributed by atoms with Crippen LogP contribution in [0.15, 0.2) is 48.5 Å². The average molecular weight is 619 g/mol. The lowest BCUT2D eigenvalue weighted by Crippen LogP contribution is -2.52. The highest BCUT2D eigenvalue weighted by atomic mass is 16.5. The molecule has 0 aliphatic carbocycles. The van der Waals surface area contributed by atoms with Crippen LogP contribution in [0.3, 0.4) is 0 Å². The second-order valence-electron chi connectivity index (χ2n) is 10.4. The highest BCUT2D eigenvalue weighted by Crippen LogP contribution is 2.30. The molecule has 0 bridgehead atoms. The zero-order valence-electron chi connectivity index (χ0n) is 24.5. The average Bonchev–Trinajstić information content (AvgIpc) is 3.36. The smallest absolute Gasteiger partial charge is 0.274 e. The number of anilines is 1. The molecule has 1 saturated heterocycles. The Bertz CT molecular complexity index is 1610. The standard InChI is InChI=1S/C31H34N6O8/c32-18-45-14-13-44-12-11-43-10-9-33-28(39)23-16-25(35-24-4-2-1-3-21(23)24)29(40)34-20-6-5-19-17-37(31(42)22(19)15-20)26-7-8-27(38)36-30(26)41/h1-6,15-16,26H,7-14,17-18,32H2,(H,33,39)(H,34,40)(H,36,38,41). The highest BCUT2D eigenvalue weighted by molar-refractivity contribution is 6.11. The van der Waals surface area contributed by atoms with Crippen LogP contribution in [0.4, 0.5) is 5.69 Å². The van der Waals surface area contributed by atoms with Crippen molar-refractivity contribution in [2.75, 3.05) is 51.6 Å². The van der Waals surface area contributed by atoms with E-state index >= 15 is 0 Å². The lowest BCUT2D eigenvalue weighted by molar-refractivity contribution is -0.136. The van der Waals surface area contributed by atoms with Crippen LogP contribution in [0, 0.1) is 0 Å². The highest BCUT2D eigenvalue weighted by Gasteiger charge is 2.39. The number of amides is 5. The molecule has 2 aliphatic rings. The van der Waals surface area contributed by atoms with Crippen LogP contribution in [-0.2, 0) is 30.3 Å². The fourth-order valence-corrected chi connectivity index (χ4v) is 5.16. The van der Waals surface area contributed by atoms with E-state index in [2.05, 4.69) is 20.9 Å². The molecule has 3 aromatic rings. The van der Waals surface area contributed by atoms with Gasteiger partial charge in [0, 0.05) is 36.1 Å². The van der Waals surface area contributed by atoms with Gasteiger partial charge in [0.15, 0.2) is 0 Å². The molecule has 0 spiro atoms. The van der Waals surface area contributed by atoms with Crippen molar-refractivity contribution >= 4 is 46.1 Å². The van der Waals surface area contributed by atoms with Crippen molar-refractivity contribution in [2.24, 2.45) is 5.73 Å². The van der Waals surface area contributed by atoms with Crippen LogP contribution in [0.2, 0.25) is 0 Å². The van der Waals surface area contributed by atoms with Crippen LogP contribution in [0.5, 0.6) is 0 Å². The van der Waals surface area contributed by atoms with Crippen molar-refractivity contribution in [1.82, 2.24) is 20.5 Å². The number of imide groups is 1. The number of nitrogens with one attached hydrogen (secondary N) is 3. The molecule has 0 saturated carbocycles. The molecule has 1 atom stereocenters. The molecule has 1 fully saturated rings. The zero-order valence-corrected chi connectivity index (χ0v) is 24.5. The number of nitrogens with zero attached hydrogens (tertiary/aromatic N) is 2. The number of hydrogen-bond donors (Lipinski definition) is 4. The van der Waals surface area contributed by atoms with Gasteiger partial charge in [-0.15, -0.1) is 0 Å². The second kappa shape index (κ2) is 14.8. The molecule has 3 heterocycles. The third kappa shape index (κ3) is 7.67. The Hall–Kier alpha value is -4.76. The molecule has 45 heavy (non-hydrogen) atoms. The van der Waals surface area contributed by atoms with Crippen LogP contribution in [0.1, 0.15) is 49.6 Å². The first kappa shape index (κ1) is 31.7. The maximum Gasteiger partial charge on any atom is 0.274 e. The van der Waals surface area contributed by atoms with Gasteiger partial charge in [0.05, 0.1) is 50.8 Å². The summed E-state index contributed by atoms with van der Waals surface area (Å²) < 4.78 is 15.8. The lowest BCUT2D eigenvalue weighted by atomic mass is 10.0. The van der Waals surface area contributed by atoms with Gasteiger partial charge in [0.2, 0.25) is 11.8 Å². The van der Waals surface area contributed by atoms with Crippen LogP contribution in [0.25, 0.3) is 10.9 Å². The number of hydrogen-bond acceptors (Lipinski definition) is 10. The number of aromatic nitrogens is 1. The number of para-hydroxylation sites is 1. The van der Waals surface area contributed by atoms with Crippen molar-refractivity contribution in [2.45, 2.75) is 25.4 Å². The van der Waals surface area contributed by atoms with E-state index in [9.17, 15) is 24.0 Å². The van der Waals surface area contributed by atoms with Crippen molar-refractivity contribution in [3.63, 3.8) is 0 Å². The molecule has 1 aromatic heterocycles. The van der Waals surface area contributed by atoms with Crippen LogP contribution < -0.4 is 21.7 Å². The number of carbonyl (C=O) groups is 5. The molecule has 5 N–H and O–H groups in total. The van der Waals surface area contributed by atoms with Gasteiger partial charge in [-0.05, 0) is 36.2 Å². The molecule has 1 unspecified atom stereocenters. The second-order valence-corrected chi connectivity index (χ2v) is 10.4. The maximum atomic E-state index is 13.3. The molecule has 2 aromatic carbocycles. The van der Waals surface area contributed by atoms with E-state index in [1.54, 1.807) is 42.5 Å². The van der Waals surface area contributed by atoms with Gasteiger partial charge in [-0.25, -0.2) is 4.98 Å². The van der Waals surface area contributed by atoms with E-state index in [4.69, 9.17) is 19.9 Å². The normalized spacial score (nSPS) is 16.1. The molecule has 5 rings (SSSR count). The number of benzene rings is 2. The third-order valence-corrected chi connectivity index (χ3v) is 7.37. The summed E-state index contributed by atoms with van der Waals surface area (Å²) in [4.78, 5) is 69.4. The molecule has 14 nitrogen and oxygen atoms in total. The number of fused-ring (bicyclic) bond motifs is 2. The summed E-state index contributed by atoms with van der Waals surface area (Å²) in [5.74, 6) is -2.16. The van der Waals surface area contributed by atoms with E-state index in [0.29, 0.717) is 54.1 Å². The molecule has 0 radical (unpaired) electrons. The summed E-state index contributed by atoms with van der Waals surface area (Å²) in [6, 6.07) is 12.6. The van der Waals surface area contributed by atoms with E-state index in [0.717, 1.165) is 0 Å². The topological polar surface area (TPSA) is 191 Å². The summed E-state index contributed by atoms with van der Waals surface area (Å²) in [7, 11) is 0. The predicted molar refractivity (Wildman–Crippen MR) is 161 cm³/mol. The first-order valence-corrected chi connectivity index (χ1v) is 14.6. The minimum absolute atomic E-state index is 0.0165. The summed E-state index contributed by atoms with van der Waals surface area (Å²) in [6.07, 6.45) is 0.415. The number of carbonyl (C=O) groups excluding carboxylic acids is 5. The van der Waals surface area contributed by atoms with E-state index in [-0.39, 0.29) is 62.3 Å². The molecular weight excluding hydrogens is 584 g/mol. The van der Waals surface area contributed by atoms with Crippen LogP contribution >= 0.6 is 0 Å². The minimum Gasteiger partial charge on any atom is -0.377 e. The zero-order chi connectivity index (χ0) is 31.8. The molecule has 5 amide bonds. The van der Waals surface area contributed by atoms with Gasteiger partial charge >= 0.3 is 0 Å². The molecule has 14 heteroatoms. The number of piperidine rings is 1. The fraction of sp³-hybridized carbons (Fsp3) is 0.355. The first-order chi connectivity index (χ1) is 21.9. The Morgan fingerprint density at radius 3 is 2.49 bits per heavy atom. The number of pyridine rings is 1. The van der Waals surface area contributed by atoms with Gasteiger partial charge in [0.25, 0.3) is 17.7 Å². The summed E-state index contributed by atoms with van der Waals surface area (Å²) in [6.45, 7) is 2.43. The van der Waals surface area contributed by atoms with Crippen molar-refractivity contribution in [3.8, 4) is 0 Å². The Labute approximate surface area is 258 Å². The third-order valence-electron chi connectivity index (χ3n) is 7.37. The SMILES string of the molecule is NCOCCOCCOCCNC(=O)c1cc(C(=O)Nc2ccc3c(c2)C(=O)N(C2CCC(=O)NC2=O)C3)nc2ccccc12. The lowest BCUT2D eigenvalue weighted by Gasteiger charge is -2.29. The number of ether oxygens (including phenoxy) is 3. The summed E-state index contributed by atoms with van der Waals surface area (Å²) >= 11 is 0. The summed E-state index contributed by atoms with van der Waals surface area (Å²) in [5.41, 5.74) is 7.41. The first-order valence-electron chi connectivity index (χ1n) is 14.6. The number of nitrogens with two attached hydrogens (primary N) is 1. The Morgan fingerprint density at radius 1 is 0.956 bits per heavy atom. The quantitative estimate of drug-likeness (QED) is 0.115. The van der Waals surface area contributed by atoms with E-state index < -0.39 is 23.8 Å². The predicted octanol–water partition coefficient (Wildman–Crippen LogP) is 0.944. The minimum atomic E-state index is -0.736. The summed E-state index contributed by atoms with van der Waals surface area (Å²) in [5, 5.41) is 8.43. The number of rotatable bonds is 14. The van der Waals surface area contributed by atoms with Crippen molar-refractivity contribution in [3.05, 3.63) is 70.9 Å². The molecule has 2 aliphatic heterocycles. The Balaban J connectivity index is 1.21. The van der Waals surface area contributed by atoms with Gasteiger partial charge in [0.1, 0.15) is 11.7 Å². The van der Waals surface area contributed by atoms with E-state index in [1.165, 1.54) is 11.0 Å². The Morgan fingerprint density at radius 2 is 1.71 bits per heavy atom. The monoisotopic (exact) mass is 618 g/mol. The van der Waals surface area contributed by atoms with Gasteiger partial charge in [-0.2, -0.15) is 0 Å². The fourth-order valence-electron chi connectivity index (χ4n) is 5.16. The molecular formula is C31H34N6O8. The maximum absolute atomic E-state index is 13.3. The van der Waals surface area contributed by atoms with E-state index in [1.807, 2.05) is 0 Å². The molecule has 236 valence electrons. The van der Waals surface area contributed by atoms with Gasteiger partial charge in [-0.3, -0.25) is 29.3 Å².